The van der Waals surface area contributed by atoms with E-state index in [1.807, 2.05) is 0 Å². The van der Waals surface area contributed by atoms with Gasteiger partial charge in [0.25, 0.3) is 0 Å². The minimum absolute atomic E-state index is 0.0322. The number of carbonyl (C=O) groups is 1. The normalized spacial score (nSPS) is 10.2. The maximum atomic E-state index is 13.4. The Balaban J connectivity index is 2.48. The van der Waals surface area contributed by atoms with E-state index >= 15 is 0 Å². The summed E-state index contributed by atoms with van der Waals surface area (Å²) in [6.07, 6.45) is 0. The molecule has 0 saturated heterocycles. The standard InChI is InChI=1S/C15H12BrFO3/c1-19-13-6-4-10(16)8-11(13)15(18)9-3-5-12(17)14(7-9)20-2/h3-8H,1-2H3. The third kappa shape index (κ3) is 2.82. The van der Waals surface area contributed by atoms with E-state index < -0.39 is 5.82 Å². The predicted octanol–water partition coefficient (Wildman–Crippen LogP) is 3.84. The molecule has 0 atom stereocenters. The topological polar surface area (TPSA) is 35.5 Å². The van der Waals surface area contributed by atoms with E-state index in [0.717, 1.165) is 4.47 Å². The molecule has 0 saturated carbocycles. The predicted molar refractivity (Wildman–Crippen MR) is 77.1 cm³/mol. The first-order valence-electron chi connectivity index (χ1n) is 5.78. The molecular formula is C15H12BrFO3. The summed E-state index contributed by atoms with van der Waals surface area (Å²) in [6.45, 7) is 0. The van der Waals surface area contributed by atoms with E-state index in [9.17, 15) is 9.18 Å². The van der Waals surface area contributed by atoms with Gasteiger partial charge in [-0.2, -0.15) is 0 Å². The molecule has 0 amide bonds. The fraction of sp³-hybridized carbons (Fsp3) is 0.133. The van der Waals surface area contributed by atoms with Gasteiger partial charge in [-0.3, -0.25) is 4.79 Å². The van der Waals surface area contributed by atoms with Crippen LogP contribution in [0, 0.1) is 5.82 Å². The first kappa shape index (κ1) is 14.5. The van der Waals surface area contributed by atoms with Gasteiger partial charge in [-0.05, 0) is 36.4 Å². The second-order valence-corrected chi connectivity index (χ2v) is 4.94. The highest BCUT2D eigenvalue weighted by atomic mass is 79.9. The second kappa shape index (κ2) is 6.05. The van der Waals surface area contributed by atoms with Crippen LogP contribution >= 0.6 is 15.9 Å². The zero-order chi connectivity index (χ0) is 14.7. The van der Waals surface area contributed by atoms with Crippen molar-refractivity contribution < 1.29 is 18.7 Å². The van der Waals surface area contributed by atoms with Crippen molar-refractivity contribution in [2.24, 2.45) is 0 Å². The number of methoxy groups -OCH3 is 2. The number of halogens is 2. The van der Waals surface area contributed by atoms with Crippen molar-refractivity contribution >= 4 is 21.7 Å². The van der Waals surface area contributed by atoms with Crippen LogP contribution in [0.25, 0.3) is 0 Å². The van der Waals surface area contributed by atoms with Crippen LogP contribution in [0.5, 0.6) is 11.5 Å². The molecule has 0 N–H and O–H groups in total. The first-order chi connectivity index (χ1) is 9.56. The third-order valence-electron chi connectivity index (χ3n) is 2.82. The largest absolute Gasteiger partial charge is 0.496 e. The Morgan fingerprint density at radius 1 is 1.05 bits per heavy atom. The van der Waals surface area contributed by atoms with Crippen LogP contribution in [0.3, 0.4) is 0 Å². The van der Waals surface area contributed by atoms with Gasteiger partial charge in [0.15, 0.2) is 17.3 Å². The molecule has 2 rings (SSSR count). The lowest BCUT2D eigenvalue weighted by Gasteiger charge is -2.09. The number of ketones is 1. The minimum atomic E-state index is -0.509. The highest BCUT2D eigenvalue weighted by Crippen LogP contribution is 2.27. The number of hydrogen-bond acceptors (Lipinski definition) is 3. The maximum absolute atomic E-state index is 13.4. The molecule has 2 aromatic rings. The molecule has 0 aliphatic rings. The van der Waals surface area contributed by atoms with Gasteiger partial charge in [0.1, 0.15) is 5.75 Å². The van der Waals surface area contributed by atoms with Crippen LogP contribution in [-0.2, 0) is 0 Å². The molecule has 20 heavy (non-hydrogen) atoms. The highest BCUT2D eigenvalue weighted by molar-refractivity contribution is 9.10. The second-order valence-electron chi connectivity index (χ2n) is 4.02. The fourth-order valence-electron chi connectivity index (χ4n) is 1.81. The average molecular weight is 339 g/mol. The van der Waals surface area contributed by atoms with E-state index in [4.69, 9.17) is 9.47 Å². The summed E-state index contributed by atoms with van der Waals surface area (Å²) in [6, 6.07) is 9.13. The van der Waals surface area contributed by atoms with Gasteiger partial charge in [-0.1, -0.05) is 15.9 Å². The molecule has 0 fully saturated rings. The molecular weight excluding hydrogens is 327 g/mol. The monoisotopic (exact) mass is 338 g/mol. The maximum Gasteiger partial charge on any atom is 0.196 e. The van der Waals surface area contributed by atoms with Gasteiger partial charge in [-0.15, -0.1) is 0 Å². The lowest BCUT2D eigenvalue weighted by molar-refractivity contribution is 0.103. The Kier molecular flexibility index (Phi) is 4.39. The summed E-state index contributed by atoms with van der Waals surface area (Å²) in [5, 5.41) is 0. The molecule has 0 unspecified atom stereocenters. The van der Waals surface area contributed by atoms with Crippen molar-refractivity contribution in [3.05, 3.63) is 57.8 Å². The Morgan fingerprint density at radius 3 is 2.40 bits per heavy atom. The third-order valence-corrected chi connectivity index (χ3v) is 3.31. The van der Waals surface area contributed by atoms with Crippen LogP contribution in [0.15, 0.2) is 40.9 Å². The summed E-state index contributed by atoms with van der Waals surface area (Å²) >= 11 is 3.31. The zero-order valence-electron chi connectivity index (χ0n) is 10.9. The van der Waals surface area contributed by atoms with Crippen LogP contribution < -0.4 is 9.47 Å². The molecule has 2 aromatic carbocycles. The molecule has 0 aliphatic carbocycles. The smallest absolute Gasteiger partial charge is 0.196 e. The molecule has 5 heteroatoms. The van der Waals surface area contributed by atoms with E-state index in [1.165, 1.54) is 32.4 Å². The van der Waals surface area contributed by atoms with Crippen molar-refractivity contribution in [3.8, 4) is 11.5 Å². The Morgan fingerprint density at radius 2 is 1.75 bits per heavy atom. The van der Waals surface area contributed by atoms with Gasteiger partial charge >= 0.3 is 0 Å². The average Bonchev–Trinajstić information content (AvgIpc) is 2.47. The van der Waals surface area contributed by atoms with E-state index in [0.29, 0.717) is 16.9 Å². The van der Waals surface area contributed by atoms with E-state index in [-0.39, 0.29) is 11.5 Å². The molecule has 0 radical (unpaired) electrons. The first-order valence-corrected chi connectivity index (χ1v) is 6.58. The van der Waals surface area contributed by atoms with Crippen LogP contribution in [-0.4, -0.2) is 20.0 Å². The number of carbonyl (C=O) groups excluding carboxylic acids is 1. The molecule has 3 nitrogen and oxygen atoms in total. The van der Waals surface area contributed by atoms with Crippen molar-refractivity contribution in [2.45, 2.75) is 0 Å². The van der Waals surface area contributed by atoms with Gasteiger partial charge in [0.2, 0.25) is 0 Å². The molecule has 0 aromatic heterocycles. The SMILES string of the molecule is COc1cc(C(=O)c2cc(Br)ccc2OC)ccc1F. The summed E-state index contributed by atoms with van der Waals surface area (Å²) in [4.78, 5) is 12.5. The number of ether oxygens (including phenoxy) is 2. The van der Waals surface area contributed by atoms with Crippen molar-refractivity contribution in [1.82, 2.24) is 0 Å². The minimum Gasteiger partial charge on any atom is -0.496 e. The molecule has 0 aliphatic heterocycles. The Labute approximate surface area is 124 Å². The fourth-order valence-corrected chi connectivity index (χ4v) is 2.18. The number of benzene rings is 2. The van der Waals surface area contributed by atoms with Crippen LogP contribution in [0.2, 0.25) is 0 Å². The van der Waals surface area contributed by atoms with Crippen LogP contribution in [0.4, 0.5) is 4.39 Å². The van der Waals surface area contributed by atoms with Gasteiger partial charge in [0.05, 0.1) is 19.8 Å². The Bertz CT molecular complexity index is 656. The van der Waals surface area contributed by atoms with Crippen molar-refractivity contribution in [2.75, 3.05) is 14.2 Å². The lowest BCUT2D eigenvalue weighted by atomic mass is 10.0. The summed E-state index contributed by atoms with van der Waals surface area (Å²) in [5.41, 5.74) is 0.732. The zero-order valence-corrected chi connectivity index (χ0v) is 12.5. The van der Waals surface area contributed by atoms with Crippen LogP contribution in [0.1, 0.15) is 15.9 Å². The molecule has 0 heterocycles. The molecule has 0 spiro atoms. The van der Waals surface area contributed by atoms with Crippen molar-refractivity contribution in [1.29, 1.82) is 0 Å². The lowest BCUT2D eigenvalue weighted by Crippen LogP contribution is -2.05. The Hall–Kier alpha value is -1.88. The summed E-state index contributed by atoms with van der Waals surface area (Å²) < 4.78 is 24.2. The van der Waals surface area contributed by atoms with E-state index in [1.54, 1.807) is 18.2 Å². The summed E-state index contributed by atoms with van der Waals surface area (Å²) in [7, 11) is 2.84. The number of rotatable bonds is 4. The molecule has 104 valence electrons. The molecule has 0 bridgehead atoms. The highest BCUT2D eigenvalue weighted by Gasteiger charge is 2.16. The van der Waals surface area contributed by atoms with Gasteiger partial charge < -0.3 is 9.47 Å². The number of hydrogen-bond donors (Lipinski definition) is 0. The van der Waals surface area contributed by atoms with Gasteiger partial charge in [-0.25, -0.2) is 4.39 Å². The quantitative estimate of drug-likeness (QED) is 0.794. The summed E-state index contributed by atoms with van der Waals surface area (Å²) in [5.74, 6) is -0.280. The van der Waals surface area contributed by atoms with Crippen molar-refractivity contribution in [3.63, 3.8) is 0 Å². The van der Waals surface area contributed by atoms with Gasteiger partial charge in [0, 0.05) is 10.0 Å². The van der Waals surface area contributed by atoms with E-state index in [2.05, 4.69) is 15.9 Å².